The molecular weight excluding hydrogens is 407 g/mol. The quantitative estimate of drug-likeness (QED) is 0.718. The van der Waals surface area contributed by atoms with Gasteiger partial charge in [-0.1, -0.05) is 28.1 Å². The van der Waals surface area contributed by atoms with E-state index in [0.717, 1.165) is 19.4 Å². The van der Waals surface area contributed by atoms with Crippen molar-refractivity contribution in [2.75, 3.05) is 0 Å². The van der Waals surface area contributed by atoms with Gasteiger partial charge < -0.3 is 9.84 Å². The summed E-state index contributed by atoms with van der Waals surface area (Å²) in [6.07, 6.45) is -0.559. The third kappa shape index (κ3) is 3.46. The first-order valence-corrected chi connectivity index (χ1v) is 7.34. The first-order valence-electron chi connectivity index (χ1n) is 5.47. The zero-order valence-corrected chi connectivity index (χ0v) is 13.5. The lowest BCUT2D eigenvalue weighted by Gasteiger charge is -2.13. The first kappa shape index (κ1) is 13.8. The molecule has 1 atom stereocenters. The molecule has 2 rings (SSSR count). The third-order valence-electron chi connectivity index (χ3n) is 2.45. The Bertz CT molecular complexity index is 555. The van der Waals surface area contributed by atoms with Gasteiger partial charge >= 0.3 is 0 Å². The summed E-state index contributed by atoms with van der Waals surface area (Å²) in [5.41, 5.74) is 0.775. The smallest absolute Gasteiger partial charge is 0.134 e. The number of ether oxygens (including phenoxy) is 1. The molecular formula is C14H12BrIO2. The second-order valence-corrected chi connectivity index (χ2v) is 6.08. The number of hydrogen-bond acceptors (Lipinski definition) is 2. The van der Waals surface area contributed by atoms with Gasteiger partial charge in [0.2, 0.25) is 0 Å². The number of hydrogen-bond donors (Lipinski definition) is 1. The molecule has 0 saturated heterocycles. The maximum Gasteiger partial charge on any atom is 0.134 e. The van der Waals surface area contributed by atoms with E-state index in [2.05, 4.69) is 38.5 Å². The molecule has 0 amide bonds. The van der Waals surface area contributed by atoms with E-state index in [1.807, 2.05) is 42.5 Å². The predicted molar refractivity (Wildman–Crippen MR) is 84.0 cm³/mol. The van der Waals surface area contributed by atoms with E-state index >= 15 is 0 Å². The van der Waals surface area contributed by atoms with Gasteiger partial charge in [-0.2, -0.15) is 0 Å². The molecule has 2 aromatic carbocycles. The summed E-state index contributed by atoms with van der Waals surface area (Å²) < 4.78 is 7.87. The molecule has 1 N–H and O–H groups in total. The molecule has 4 heteroatoms. The molecule has 0 aliphatic rings. The van der Waals surface area contributed by atoms with Gasteiger partial charge in [-0.15, -0.1) is 0 Å². The largest absolute Gasteiger partial charge is 0.457 e. The summed E-state index contributed by atoms with van der Waals surface area (Å²) in [5.74, 6) is 1.43. The van der Waals surface area contributed by atoms with Crippen LogP contribution >= 0.6 is 38.5 Å². The van der Waals surface area contributed by atoms with Crippen LogP contribution in [0.2, 0.25) is 0 Å². The summed E-state index contributed by atoms with van der Waals surface area (Å²) in [5, 5.41) is 9.73. The summed E-state index contributed by atoms with van der Waals surface area (Å²) in [6.45, 7) is 1.73. The summed E-state index contributed by atoms with van der Waals surface area (Å²) in [4.78, 5) is 0. The van der Waals surface area contributed by atoms with Crippen LogP contribution in [0.4, 0.5) is 0 Å². The van der Waals surface area contributed by atoms with Crippen molar-refractivity contribution in [3.8, 4) is 11.5 Å². The van der Waals surface area contributed by atoms with Crippen LogP contribution < -0.4 is 4.74 Å². The number of halogens is 2. The van der Waals surface area contributed by atoms with Crippen molar-refractivity contribution >= 4 is 38.5 Å². The van der Waals surface area contributed by atoms with Crippen molar-refractivity contribution in [2.24, 2.45) is 0 Å². The standard InChI is InChI=1S/C14H12BrIO2/c1-9(17)13-6-5-10(15)7-14(13)18-12-4-2-3-11(16)8-12/h2-9,17H,1H3. The Morgan fingerprint density at radius 3 is 2.67 bits per heavy atom. The Kier molecular flexibility index (Phi) is 4.64. The van der Waals surface area contributed by atoms with Crippen molar-refractivity contribution in [1.29, 1.82) is 0 Å². The average Bonchev–Trinajstić information content (AvgIpc) is 2.28. The molecule has 0 fully saturated rings. The molecule has 2 aromatic rings. The van der Waals surface area contributed by atoms with Crippen LogP contribution in [0.5, 0.6) is 11.5 Å². The molecule has 0 heterocycles. The van der Waals surface area contributed by atoms with Gasteiger partial charge in [0.25, 0.3) is 0 Å². The van der Waals surface area contributed by atoms with Crippen LogP contribution in [0.15, 0.2) is 46.9 Å². The maximum absolute atomic E-state index is 9.73. The van der Waals surface area contributed by atoms with E-state index in [-0.39, 0.29) is 0 Å². The zero-order chi connectivity index (χ0) is 13.1. The van der Waals surface area contributed by atoms with Gasteiger partial charge in [-0.3, -0.25) is 0 Å². The van der Waals surface area contributed by atoms with Gasteiger partial charge in [0.05, 0.1) is 6.10 Å². The Morgan fingerprint density at radius 2 is 2.00 bits per heavy atom. The minimum atomic E-state index is -0.559. The fourth-order valence-electron chi connectivity index (χ4n) is 1.60. The summed E-state index contributed by atoms with van der Waals surface area (Å²) >= 11 is 5.65. The van der Waals surface area contributed by atoms with Crippen LogP contribution in [0.1, 0.15) is 18.6 Å². The number of rotatable bonds is 3. The molecule has 1 unspecified atom stereocenters. The average molecular weight is 419 g/mol. The second-order valence-electron chi connectivity index (χ2n) is 3.92. The zero-order valence-electron chi connectivity index (χ0n) is 9.73. The minimum absolute atomic E-state index is 0.559. The Balaban J connectivity index is 2.36. The van der Waals surface area contributed by atoms with Crippen LogP contribution in [-0.4, -0.2) is 5.11 Å². The molecule has 0 aromatic heterocycles. The van der Waals surface area contributed by atoms with Gasteiger partial charge in [0.1, 0.15) is 11.5 Å². The number of benzene rings is 2. The Labute approximate surface area is 128 Å². The summed E-state index contributed by atoms with van der Waals surface area (Å²) in [7, 11) is 0. The Morgan fingerprint density at radius 1 is 1.22 bits per heavy atom. The highest BCUT2D eigenvalue weighted by Crippen LogP contribution is 2.32. The molecule has 0 aliphatic carbocycles. The van der Waals surface area contributed by atoms with E-state index in [1.54, 1.807) is 6.92 Å². The SMILES string of the molecule is CC(O)c1ccc(Br)cc1Oc1cccc(I)c1. The van der Waals surface area contributed by atoms with E-state index < -0.39 is 6.10 Å². The molecule has 0 bridgehead atoms. The monoisotopic (exact) mass is 418 g/mol. The lowest BCUT2D eigenvalue weighted by atomic mass is 10.1. The van der Waals surface area contributed by atoms with Gasteiger partial charge in [0, 0.05) is 13.6 Å². The van der Waals surface area contributed by atoms with Crippen molar-refractivity contribution in [3.05, 3.63) is 56.1 Å². The minimum Gasteiger partial charge on any atom is -0.457 e. The third-order valence-corrected chi connectivity index (χ3v) is 3.61. The van der Waals surface area contributed by atoms with Gasteiger partial charge in [0.15, 0.2) is 0 Å². The molecule has 94 valence electrons. The van der Waals surface area contributed by atoms with Crippen LogP contribution in [-0.2, 0) is 0 Å². The molecule has 2 nitrogen and oxygen atoms in total. The topological polar surface area (TPSA) is 29.5 Å². The van der Waals surface area contributed by atoms with Gasteiger partial charge in [-0.05, 0) is 59.8 Å². The fourth-order valence-corrected chi connectivity index (χ4v) is 2.45. The first-order chi connectivity index (χ1) is 8.56. The van der Waals surface area contributed by atoms with Crippen molar-refractivity contribution < 1.29 is 9.84 Å². The normalized spacial score (nSPS) is 12.2. The van der Waals surface area contributed by atoms with Gasteiger partial charge in [-0.25, -0.2) is 0 Å². The van der Waals surface area contributed by atoms with Crippen molar-refractivity contribution in [3.63, 3.8) is 0 Å². The number of aliphatic hydroxyl groups excluding tert-OH is 1. The summed E-state index contributed by atoms with van der Waals surface area (Å²) in [6, 6.07) is 13.4. The lowest BCUT2D eigenvalue weighted by molar-refractivity contribution is 0.195. The van der Waals surface area contributed by atoms with E-state index in [4.69, 9.17) is 4.74 Å². The van der Waals surface area contributed by atoms with E-state index in [9.17, 15) is 5.11 Å². The van der Waals surface area contributed by atoms with Crippen molar-refractivity contribution in [2.45, 2.75) is 13.0 Å². The number of aliphatic hydroxyl groups is 1. The highest BCUT2D eigenvalue weighted by molar-refractivity contribution is 14.1. The molecule has 0 saturated carbocycles. The van der Waals surface area contributed by atoms with E-state index in [0.29, 0.717) is 5.75 Å². The highest BCUT2D eigenvalue weighted by Gasteiger charge is 2.10. The van der Waals surface area contributed by atoms with Crippen LogP contribution in [0.25, 0.3) is 0 Å². The lowest BCUT2D eigenvalue weighted by Crippen LogP contribution is -1.96. The highest BCUT2D eigenvalue weighted by atomic mass is 127. The fraction of sp³-hybridized carbons (Fsp3) is 0.143. The molecule has 0 aliphatic heterocycles. The predicted octanol–water partition coefficient (Wildman–Crippen LogP) is 4.90. The molecule has 0 radical (unpaired) electrons. The maximum atomic E-state index is 9.73. The molecule has 0 spiro atoms. The Hall–Kier alpha value is -0.590. The van der Waals surface area contributed by atoms with Crippen LogP contribution in [0, 0.1) is 3.57 Å². The van der Waals surface area contributed by atoms with Crippen LogP contribution in [0.3, 0.4) is 0 Å². The van der Waals surface area contributed by atoms with Crippen molar-refractivity contribution in [1.82, 2.24) is 0 Å². The molecule has 18 heavy (non-hydrogen) atoms. The van der Waals surface area contributed by atoms with E-state index in [1.165, 1.54) is 0 Å². The second kappa shape index (κ2) is 6.04.